The van der Waals surface area contributed by atoms with Gasteiger partial charge < -0.3 is 0 Å². The molecule has 0 aliphatic carbocycles. The molecule has 0 fully saturated rings. The lowest BCUT2D eigenvalue weighted by molar-refractivity contribution is 0.193. The van der Waals surface area contributed by atoms with Gasteiger partial charge in [-0.25, -0.2) is 4.21 Å². The summed E-state index contributed by atoms with van der Waals surface area (Å²) >= 11 is -1.47. The molecule has 2 nitrogen and oxygen atoms in total. The van der Waals surface area contributed by atoms with Gasteiger partial charge in [-0.3, -0.25) is 4.18 Å². The van der Waals surface area contributed by atoms with Gasteiger partial charge in [0.1, 0.15) is 0 Å². The Morgan fingerprint density at radius 3 is 1.77 bits per heavy atom. The topological polar surface area (TPSA) is 26.3 Å². The highest BCUT2D eigenvalue weighted by Gasteiger charge is 2.47. The van der Waals surface area contributed by atoms with Gasteiger partial charge in [-0.05, 0) is 17.2 Å². The lowest BCUT2D eigenvalue weighted by atomic mass is 9.80. The van der Waals surface area contributed by atoms with Crippen LogP contribution in [-0.4, -0.2) is 4.21 Å². The second-order valence-electron chi connectivity index (χ2n) is 5.23. The Balaban J connectivity index is 2.06. The molecule has 1 atom stereocenters. The largest absolute Gasteiger partial charge is 0.265 e. The van der Waals surface area contributed by atoms with Crippen molar-refractivity contribution < 1.29 is 8.39 Å². The third kappa shape index (κ3) is 1.86. The summed E-state index contributed by atoms with van der Waals surface area (Å²) in [5, 5.41) is 0. The van der Waals surface area contributed by atoms with Crippen LogP contribution in [0.1, 0.15) is 16.7 Å². The summed E-state index contributed by atoms with van der Waals surface area (Å²) in [4.78, 5) is 0.746. The summed E-state index contributed by atoms with van der Waals surface area (Å²) in [7, 11) is 0. The molecule has 0 radical (unpaired) electrons. The van der Waals surface area contributed by atoms with Gasteiger partial charge in [-0.1, -0.05) is 78.9 Å². The quantitative estimate of drug-likeness (QED) is 0.714. The minimum atomic E-state index is -1.47. The maximum absolute atomic E-state index is 12.5. The highest BCUT2D eigenvalue weighted by molar-refractivity contribution is 7.80. The van der Waals surface area contributed by atoms with Crippen LogP contribution in [0.5, 0.6) is 0 Å². The first-order valence-electron chi connectivity index (χ1n) is 7.14. The summed E-state index contributed by atoms with van der Waals surface area (Å²) < 4.78 is 18.6. The van der Waals surface area contributed by atoms with Crippen LogP contribution in [0.25, 0.3) is 0 Å². The van der Waals surface area contributed by atoms with Crippen molar-refractivity contribution in [2.24, 2.45) is 0 Å². The van der Waals surface area contributed by atoms with E-state index in [0.29, 0.717) is 0 Å². The van der Waals surface area contributed by atoms with Crippen LogP contribution in [0.2, 0.25) is 0 Å². The highest BCUT2D eigenvalue weighted by atomic mass is 32.2. The summed E-state index contributed by atoms with van der Waals surface area (Å²) in [5.74, 6) is 0. The molecule has 0 unspecified atom stereocenters. The Morgan fingerprint density at radius 2 is 1.18 bits per heavy atom. The van der Waals surface area contributed by atoms with Crippen LogP contribution in [0.4, 0.5) is 0 Å². The number of rotatable bonds is 2. The molecule has 0 saturated carbocycles. The monoisotopic (exact) mass is 306 g/mol. The molecule has 1 aliphatic heterocycles. The molecule has 0 saturated heterocycles. The zero-order valence-corrected chi connectivity index (χ0v) is 12.6. The zero-order valence-electron chi connectivity index (χ0n) is 11.8. The van der Waals surface area contributed by atoms with Crippen LogP contribution in [0, 0.1) is 0 Å². The van der Waals surface area contributed by atoms with E-state index in [2.05, 4.69) is 0 Å². The molecule has 108 valence electrons. The summed E-state index contributed by atoms with van der Waals surface area (Å²) in [6.07, 6.45) is 0. The Hall–Kier alpha value is -2.23. The SMILES string of the molecule is O=[S@@]1OC(c2ccccc2)(c2ccccc2)c2ccccc21. The van der Waals surface area contributed by atoms with Crippen molar-refractivity contribution in [1.29, 1.82) is 0 Å². The van der Waals surface area contributed by atoms with Crippen LogP contribution < -0.4 is 0 Å². The minimum Gasteiger partial charge on any atom is -0.265 e. The van der Waals surface area contributed by atoms with E-state index >= 15 is 0 Å². The molecule has 0 spiro atoms. The number of hydrogen-bond donors (Lipinski definition) is 0. The van der Waals surface area contributed by atoms with Gasteiger partial charge in [0, 0.05) is 5.56 Å². The average molecular weight is 306 g/mol. The molecule has 3 heteroatoms. The molecular formula is C19H14O2S. The van der Waals surface area contributed by atoms with Crippen molar-refractivity contribution >= 4 is 11.1 Å². The van der Waals surface area contributed by atoms with Crippen molar-refractivity contribution in [2.45, 2.75) is 10.5 Å². The van der Waals surface area contributed by atoms with Gasteiger partial charge in [0.05, 0.1) is 4.90 Å². The molecular weight excluding hydrogens is 292 g/mol. The molecule has 4 rings (SSSR count). The van der Waals surface area contributed by atoms with E-state index in [-0.39, 0.29) is 0 Å². The van der Waals surface area contributed by atoms with Crippen molar-refractivity contribution in [3.63, 3.8) is 0 Å². The van der Waals surface area contributed by atoms with E-state index in [4.69, 9.17) is 4.18 Å². The minimum absolute atomic E-state index is 0.746. The fraction of sp³-hybridized carbons (Fsp3) is 0.0526. The van der Waals surface area contributed by atoms with E-state index in [9.17, 15) is 4.21 Å². The van der Waals surface area contributed by atoms with Crippen molar-refractivity contribution in [3.8, 4) is 0 Å². The Bertz CT molecular complexity index is 789. The smallest absolute Gasteiger partial charge is 0.191 e. The van der Waals surface area contributed by atoms with Gasteiger partial charge in [-0.15, -0.1) is 0 Å². The van der Waals surface area contributed by atoms with E-state index in [1.54, 1.807) is 0 Å². The van der Waals surface area contributed by atoms with Gasteiger partial charge in [0.25, 0.3) is 0 Å². The van der Waals surface area contributed by atoms with Crippen LogP contribution >= 0.6 is 0 Å². The standard InChI is InChI=1S/C19H14O2S/c20-22-18-14-8-7-13-17(18)19(21-22,15-9-3-1-4-10-15)16-11-5-2-6-12-16/h1-14H/t22-/m1/s1. The van der Waals surface area contributed by atoms with Gasteiger partial charge >= 0.3 is 0 Å². The fourth-order valence-electron chi connectivity index (χ4n) is 3.03. The molecule has 22 heavy (non-hydrogen) atoms. The normalized spacial score (nSPS) is 18.8. The van der Waals surface area contributed by atoms with Crippen molar-refractivity contribution in [3.05, 3.63) is 102 Å². The fourth-order valence-corrected chi connectivity index (χ4v) is 4.21. The van der Waals surface area contributed by atoms with E-state index in [1.165, 1.54) is 0 Å². The predicted octanol–water partition coefficient (Wildman–Crippen LogP) is 4.03. The zero-order chi connectivity index (χ0) is 15.0. The first-order chi connectivity index (χ1) is 10.8. The average Bonchev–Trinajstić information content (AvgIpc) is 2.91. The molecule has 0 N–H and O–H groups in total. The molecule has 0 aromatic heterocycles. The van der Waals surface area contributed by atoms with Gasteiger partial charge in [0.15, 0.2) is 16.7 Å². The maximum Gasteiger partial charge on any atom is 0.191 e. The maximum atomic E-state index is 12.5. The third-order valence-electron chi connectivity index (χ3n) is 4.01. The number of fused-ring (bicyclic) bond motifs is 1. The number of hydrogen-bond acceptors (Lipinski definition) is 2. The van der Waals surface area contributed by atoms with Crippen LogP contribution in [-0.2, 0) is 20.9 Å². The highest BCUT2D eigenvalue weighted by Crippen LogP contribution is 2.48. The molecule has 3 aromatic carbocycles. The van der Waals surface area contributed by atoms with Crippen molar-refractivity contribution in [2.75, 3.05) is 0 Å². The predicted molar refractivity (Wildman–Crippen MR) is 86.7 cm³/mol. The van der Waals surface area contributed by atoms with Crippen molar-refractivity contribution in [1.82, 2.24) is 0 Å². The van der Waals surface area contributed by atoms with Crippen LogP contribution in [0.3, 0.4) is 0 Å². The van der Waals surface area contributed by atoms with Gasteiger partial charge in [0.2, 0.25) is 0 Å². The second kappa shape index (κ2) is 5.20. The first-order valence-corrected chi connectivity index (χ1v) is 8.22. The summed E-state index contributed by atoms with van der Waals surface area (Å²) in [5.41, 5.74) is 2.11. The Labute approximate surface area is 132 Å². The van der Waals surface area contributed by atoms with E-state index in [1.807, 2.05) is 84.9 Å². The molecule has 3 aromatic rings. The molecule has 0 bridgehead atoms. The van der Waals surface area contributed by atoms with Gasteiger partial charge in [-0.2, -0.15) is 0 Å². The Morgan fingerprint density at radius 1 is 0.682 bits per heavy atom. The molecule has 0 amide bonds. The summed E-state index contributed by atoms with van der Waals surface area (Å²) in [6, 6.07) is 27.7. The molecule has 1 aliphatic rings. The van der Waals surface area contributed by atoms with Crippen LogP contribution in [0.15, 0.2) is 89.8 Å². The lowest BCUT2D eigenvalue weighted by Crippen LogP contribution is -2.28. The van der Waals surface area contributed by atoms with E-state index in [0.717, 1.165) is 21.6 Å². The Kier molecular flexibility index (Phi) is 3.17. The van der Waals surface area contributed by atoms with E-state index < -0.39 is 16.7 Å². The second-order valence-corrected chi connectivity index (χ2v) is 6.30. The first kappa shape index (κ1) is 13.4. The third-order valence-corrected chi connectivity index (χ3v) is 5.12. The molecule has 1 heterocycles. The summed E-state index contributed by atoms with van der Waals surface area (Å²) in [6.45, 7) is 0. The number of benzene rings is 3. The lowest BCUT2D eigenvalue weighted by Gasteiger charge is -2.29.